The van der Waals surface area contributed by atoms with Crippen molar-refractivity contribution < 1.29 is 4.74 Å². The average molecular weight is 291 g/mol. The van der Waals surface area contributed by atoms with Crippen molar-refractivity contribution in [2.24, 2.45) is 0 Å². The number of benzene rings is 2. The number of fused-ring (bicyclic) bond motifs is 1. The van der Waals surface area contributed by atoms with Crippen LogP contribution in [-0.2, 0) is 12.3 Å². The van der Waals surface area contributed by atoms with Gasteiger partial charge in [0, 0.05) is 15.7 Å². The van der Waals surface area contributed by atoms with Gasteiger partial charge in [-0.1, -0.05) is 36.4 Å². The Morgan fingerprint density at radius 1 is 1.11 bits per heavy atom. The lowest BCUT2D eigenvalue weighted by molar-refractivity contribution is 0.315. The Bertz CT molecular complexity index is 545. The second-order valence-corrected chi connectivity index (χ2v) is 6.21. The molecule has 3 heteroatoms. The van der Waals surface area contributed by atoms with E-state index in [0.717, 1.165) is 24.3 Å². The lowest BCUT2D eigenvalue weighted by Crippen LogP contribution is -2.14. The van der Waals surface area contributed by atoms with Crippen molar-refractivity contribution in [1.82, 2.24) is 0 Å². The third-order valence-corrected chi connectivity index (χ3v) is 4.83. The molecule has 3 rings (SSSR count). The SMILES string of the molecule is ClCc1ccccc1OCC1Cc2ccccc2S1. The molecule has 2 aromatic rings. The quantitative estimate of drug-likeness (QED) is 0.766. The van der Waals surface area contributed by atoms with Gasteiger partial charge in [0.15, 0.2) is 0 Å². The zero-order valence-corrected chi connectivity index (χ0v) is 12.1. The molecule has 1 heterocycles. The summed E-state index contributed by atoms with van der Waals surface area (Å²) in [4.78, 5) is 1.39. The third-order valence-electron chi connectivity index (χ3n) is 3.26. The molecular weight excluding hydrogens is 276 g/mol. The summed E-state index contributed by atoms with van der Waals surface area (Å²) in [5, 5.41) is 0.501. The third kappa shape index (κ3) is 2.90. The molecule has 0 fully saturated rings. The largest absolute Gasteiger partial charge is 0.492 e. The highest BCUT2D eigenvalue weighted by Crippen LogP contribution is 2.37. The van der Waals surface area contributed by atoms with Crippen LogP contribution in [0.1, 0.15) is 11.1 Å². The van der Waals surface area contributed by atoms with Gasteiger partial charge in [0.25, 0.3) is 0 Å². The van der Waals surface area contributed by atoms with Crippen molar-refractivity contribution in [3.63, 3.8) is 0 Å². The molecule has 1 aliphatic rings. The molecule has 0 aliphatic carbocycles. The molecule has 0 N–H and O–H groups in total. The summed E-state index contributed by atoms with van der Waals surface area (Å²) in [5.74, 6) is 1.41. The Hall–Kier alpha value is -1.12. The molecule has 1 unspecified atom stereocenters. The summed E-state index contributed by atoms with van der Waals surface area (Å²) in [6.07, 6.45) is 1.09. The van der Waals surface area contributed by atoms with E-state index in [-0.39, 0.29) is 0 Å². The van der Waals surface area contributed by atoms with Crippen LogP contribution in [0.5, 0.6) is 5.75 Å². The maximum absolute atomic E-state index is 5.94. The molecule has 2 aromatic carbocycles. The smallest absolute Gasteiger partial charge is 0.123 e. The molecule has 0 saturated heterocycles. The van der Waals surface area contributed by atoms with Crippen LogP contribution in [0.3, 0.4) is 0 Å². The standard InChI is InChI=1S/C16H15ClOS/c17-10-13-6-1-3-7-15(13)18-11-14-9-12-5-2-4-8-16(12)19-14/h1-8,14H,9-11H2. The predicted molar refractivity (Wildman–Crippen MR) is 81.3 cm³/mol. The van der Waals surface area contributed by atoms with Gasteiger partial charge in [0.05, 0.1) is 5.88 Å². The fourth-order valence-electron chi connectivity index (χ4n) is 2.28. The van der Waals surface area contributed by atoms with Crippen LogP contribution in [-0.4, -0.2) is 11.9 Å². The molecule has 1 aliphatic heterocycles. The second-order valence-electron chi connectivity index (χ2n) is 4.60. The number of hydrogen-bond acceptors (Lipinski definition) is 2. The zero-order valence-electron chi connectivity index (χ0n) is 10.5. The molecule has 19 heavy (non-hydrogen) atoms. The number of thioether (sulfide) groups is 1. The summed E-state index contributed by atoms with van der Waals surface area (Å²) < 4.78 is 5.94. The van der Waals surface area contributed by atoms with Crippen LogP contribution in [0, 0.1) is 0 Å². The lowest BCUT2D eigenvalue weighted by Gasteiger charge is -2.13. The highest BCUT2D eigenvalue weighted by atomic mass is 35.5. The first-order valence-corrected chi connectivity index (χ1v) is 7.79. The number of rotatable bonds is 4. The molecular formula is C16H15ClOS. The van der Waals surface area contributed by atoms with Crippen LogP contribution >= 0.6 is 23.4 Å². The van der Waals surface area contributed by atoms with Crippen molar-refractivity contribution in [1.29, 1.82) is 0 Å². The van der Waals surface area contributed by atoms with E-state index in [1.165, 1.54) is 10.5 Å². The minimum atomic E-state index is 0.494. The number of para-hydroxylation sites is 1. The fourth-order valence-corrected chi connectivity index (χ4v) is 3.72. The van der Waals surface area contributed by atoms with E-state index in [1.54, 1.807) is 0 Å². The Balaban J connectivity index is 1.63. The molecule has 0 radical (unpaired) electrons. The summed E-state index contributed by atoms with van der Waals surface area (Å²) in [6.45, 7) is 0.729. The van der Waals surface area contributed by atoms with Gasteiger partial charge in [-0.05, 0) is 24.1 Å². The van der Waals surface area contributed by atoms with Gasteiger partial charge in [-0.3, -0.25) is 0 Å². The highest BCUT2D eigenvalue weighted by molar-refractivity contribution is 8.00. The summed E-state index contributed by atoms with van der Waals surface area (Å²) in [5.41, 5.74) is 2.50. The minimum Gasteiger partial charge on any atom is -0.492 e. The lowest BCUT2D eigenvalue weighted by atomic mass is 10.1. The van der Waals surface area contributed by atoms with Crippen LogP contribution in [0.4, 0.5) is 0 Å². The van der Waals surface area contributed by atoms with Gasteiger partial charge in [0.1, 0.15) is 12.4 Å². The van der Waals surface area contributed by atoms with Gasteiger partial charge >= 0.3 is 0 Å². The van der Waals surface area contributed by atoms with Crippen LogP contribution < -0.4 is 4.74 Å². The first-order chi connectivity index (χ1) is 9.36. The predicted octanol–water partition coefficient (Wildman–Crippen LogP) is 4.52. The van der Waals surface area contributed by atoms with E-state index in [1.807, 2.05) is 36.0 Å². The Morgan fingerprint density at radius 2 is 1.89 bits per heavy atom. The Morgan fingerprint density at radius 3 is 2.74 bits per heavy atom. The van der Waals surface area contributed by atoms with E-state index in [0.29, 0.717) is 11.1 Å². The van der Waals surface area contributed by atoms with Gasteiger partial charge in [-0.2, -0.15) is 0 Å². The molecule has 1 atom stereocenters. The van der Waals surface area contributed by atoms with Crippen molar-refractivity contribution in [2.45, 2.75) is 22.4 Å². The first-order valence-electron chi connectivity index (χ1n) is 6.38. The molecule has 0 spiro atoms. The fraction of sp³-hybridized carbons (Fsp3) is 0.250. The van der Waals surface area contributed by atoms with Gasteiger partial charge in [-0.15, -0.1) is 23.4 Å². The molecule has 0 aromatic heterocycles. The van der Waals surface area contributed by atoms with Crippen molar-refractivity contribution >= 4 is 23.4 Å². The molecule has 0 saturated carbocycles. The molecule has 98 valence electrons. The Labute approximate surface area is 122 Å². The molecule has 0 bridgehead atoms. The molecule has 1 nitrogen and oxygen atoms in total. The van der Waals surface area contributed by atoms with E-state index >= 15 is 0 Å². The first kappa shape index (κ1) is 12.9. The van der Waals surface area contributed by atoms with Crippen molar-refractivity contribution in [2.75, 3.05) is 6.61 Å². The number of alkyl halides is 1. The maximum atomic E-state index is 5.94. The monoisotopic (exact) mass is 290 g/mol. The normalized spacial score (nSPS) is 17.2. The van der Waals surface area contributed by atoms with E-state index in [9.17, 15) is 0 Å². The Kier molecular flexibility index (Phi) is 4.00. The summed E-state index contributed by atoms with van der Waals surface area (Å²) in [7, 11) is 0. The molecule has 0 amide bonds. The summed E-state index contributed by atoms with van der Waals surface area (Å²) >= 11 is 7.83. The number of hydrogen-bond donors (Lipinski definition) is 0. The summed E-state index contributed by atoms with van der Waals surface area (Å²) in [6, 6.07) is 16.6. The second kappa shape index (κ2) is 5.89. The van der Waals surface area contributed by atoms with Gasteiger partial charge < -0.3 is 4.74 Å². The van der Waals surface area contributed by atoms with Gasteiger partial charge in [0.2, 0.25) is 0 Å². The highest BCUT2D eigenvalue weighted by Gasteiger charge is 2.22. The van der Waals surface area contributed by atoms with Crippen LogP contribution in [0.15, 0.2) is 53.4 Å². The van der Waals surface area contributed by atoms with Crippen molar-refractivity contribution in [3.05, 3.63) is 59.7 Å². The maximum Gasteiger partial charge on any atom is 0.123 e. The average Bonchev–Trinajstić information content (AvgIpc) is 2.88. The van der Waals surface area contributed by atoms with Crippen LogP contribution in [0.2, 0.25) is 0 Å². The van der Waals surface area contributed by atoms with E-state index < -0.39 is 0 Å². The van der Waals surface area contributed by atoms with Crippen LogP contribution in [0.25, 0.3) is 0 Å². The van der Waals surface area contributed by atoms with Crippen molar-refractivity contribution in [3.8, 4) is 5.75 Å². The van der Waals surface area contributed by atoms with E-state index in [4.69, 9.17) is 16.3 Å². The zero-order chi connectivity index (χ0) is 13.1. The topological polar surface area (TPSA) is 9.23 Å². The number of halogens is 1. The number of ether oxygens (including phenoxy) is 1. The minimum absolute atomic E-state index is 0.494. The van der Waals surface area contributed by atoms with Gasteiger partial charge in [-0.25, -0.2) is 0 Å². The van der Waals surface area contributed by atoms with E-state index in [2.05, 4.69) is 24.3 Å².